The predicted octanol–water partition coefficient (Wildman–Crippen LogP) is 6.68. The fraction of sp³-hybridized carbons (Fsp3) is 0. The van der Waals surface area contributed by atoms with Crippen molar-refractivity contribution >= 4 is 22.4 Å². The summed E-state index contributed by atoms with van der Waals surface area (Å²) in [6, 6.07) is 26.7. The van der Waals surface area contributed by atoms with Crippen LogP contribution in [0.25, 0.3) is 44.2 Å². The topological polar surface area (TPSA) is 23.8 Å². The van der Waals surface area contributed by atoms with E-state index in [9.17, 15) is 5.26 Å². The Morgan fingerprint density at radius 3 is 2.04 bits per heavy atom. The molecule has 0 atom stereocenters. The largest absolute Gasteiger partial charge is 0.192 e. The average molecular weight is 338 g/mol. The first kappa shape index (κ1) is 14.3. The van der Waals surface area contributed by atoms with Gasteiger partial charge in [0.2, 0.25) is 0 Å². The predicted molar refractivity (Wildman–Crippen MR) is 104 cm³/mol. The van der Waals surface area contributed by atoms with Crippen LogP contribution in [0.15, 0.2) is 72.8 Å². The number of benzene rings is 4. The lowest BCUT2D eigenvalue weighted by Gasteiger charge is -2.11. The van der Waals surface area contributed by atoms with Crippen molar-refractivity contribution in [3.8, 4) is 39.4 Å². The molecule has 25 heavy (non-hydrogen) atoms. The van der Waals surface area contributed by atoms with E-state index in [1.807, 2.05) is 30.3 Å². The van der Waals surface area contributed by atoms with Gasteiger partial charge >= 0.3 is 0 Å². The molecule has 4 aromatic carbocycles. The molecule has 0 radical (unpaired) electrons. The number of nitrogens with zero attached hydrogens (tertiary/aromatic N) is 1. The first-order chi connectivity index (χ1) is 12.3. The number of rotatable bonds is 1. The second kappa shape index (κ2) is 5.21. The minimum atomic E-state index is 0.653. The highest BCUT2D eigenvalue weighted by Crippen LogP contribution is 2.50. The van der Waals surface area contributed by atoms with Gasteiger partial charge in [-0.2, -0.15) is 5.26 Å². The van der Waals surface area contributed by atoms with Crippen LogP contribution in [0.1, 0.15) is 5.56 Å². The van der Waals surface area contributed by atoms with Crippen molar-refractivity contribution in [2.75, 3.05) is 0 Å². The first-order valence-electron chi connectivity index (χ1n) is 8.13. The maximum Gasteiger partial charge on any atom is 0.0991 e. The monoisotopic (exact) mass is 337 g/mol. The van der Waals surface area contributed by atoms with Gasteiger partial charge < -0.3 is 0 Å². The summed E-state index contributed by atoms with van der Waals surface area (Å²) in [6.45, 7) is 0. The molecular formula is C23H12ClN. The van der Waals surface area contributed by atoms with E-state index in [0.717, 1.165) is 21.5 Å². The normalized spacial score (nSPS) is 11.4. The molecule has 0 fully saturated rings. The minimum absolute atomic E-state index is 0.653. The van der Waals surface area contributed by atoms with Gasteiger partial charge in [0.05, 0.1) is 11.6 Å². The maximum absolute atomic E-state index is 9.22. The van der Waals surface area contributed by atoms with Gasteiger partial charge in [0.25, 0.3) is 0 Å². The second-order valence-corrected chi connectivity index (χ2v) is 6.65. The number of halogens is 1. The molecule has 4 aromatic rings. The molecule has 0 N–H and O–H groups in total. The Balaban J connectivity index is 1.91. The van der Waals surface area contributed by atoms with Crippen LogP contribution in [0, 0.1) is 11.3 Å². The standard InChI is InChI=1S/C23H12ClN/c24-21-11-10-20-18-7-2-1-6-17(18)19-9-8-16(23(21)22(19)20)15-5-3-4-14(12-15)13-25/h1-12H. The van der Waals surface area contributed by atoms with Gasteiger partial charge in [0, 0.05) is 10.4 Å². The molecule has 1 aliphatic rings. The molecule has 0 saturated heterocycles. The fourth-order valence-electron chi connectivity index (χ4n) is 3.85. The molecule has 0 saturated carbocycles. The Morgan fingerprint density at radius 1 is 0.640 bits per heavy atom. The van der Waals surface area contributed by atoms with Gasteiger partial charge in [0.15, 0.2) is 0 Å². The lowest BCUT2D eigenvalue weighted by atomic mass is 9.93. The summed E-state index contributed by atoms with van der Waals surface area (Å²) in [7, 11) is 0. The molecule has 0 unspecified atom stereocenters. The Morgan fingerprint density at radius 2 is 1.32 bits per heavy atom. The highest BCUT2D eigenvalue weighted by Gasteiger charge is 2.23. The third kappa shape index (κ3) is 1.95. The molecule has 2 heteroatoms. The van der Waals surface area contributed by atoms with Crippen LogP contribution in [-0.2, 0) is 0 Å². The zero-order valence-corrected chi connectivity index (χ0v) is 14.0. The third-order valence-electron chi connectivity index (χ3n) is 4.92. The average Bonchev–Trinajstić information content (AvgIpc) is 2.99. The molecular weight excluding hydrogens is 326 g/mol. The highest BCUT2D eigenvalue weighted by molar-refractivity contribution is 6.38. The Hall–Kier alpha value is -3.08. The molecule has 0 heterocycles. The Kier molecular flexibility index (Phi) is 2.98. The molecule has 0 bridgehead atoms. The highest BCUT2D eigenvalue weighted by atomic mass is 35.5. The van der Waals surface area contributed by atoms with Gasteiger partial charge in [0.1, 0.15) is 0 Å². The van der Waals surface area contributed by atoms with Crippen LogP contribution in [0.4, 0.5) is 0 Å². The third-order valence-corrected chi connectivity index (χ3v) is 5.23. The van der Waals surface area contributed by atoms with Crippen LogP contribution >= 0.6 is 11.6 Å². The summed E-state index contributed by atoms with van der Waals surface area (Å²) in [5.74, 6) is 0. The van der Waals surface area contributed by atoms with Crippen molar-refractivity contribution in [3.63, 3.8) is 0 Å². The van der Waals surface area contributed by atoms with E-state index in [0.29, 0.717) is 5.56 Å². The molecule has 0 amide bonds. The molecule has 0 aromatic heterocycles. The van der Waals surface area contributed by atoms with Gasteiger partial charge in [-0.05, 0) is 57.0 Å². The van der Waals surface area contributed by atoms with E-state index in [1.165, 1.54) is 27.6 Å². The number of fused-ring (bicyclic) bond motifs is 3. The smallest absolute Gasteiger partial charge is 0.0991 e. The van der Waals surface area contributed by atoms with Crippen LogP contribution < -0.4 is 0 Å². The molecule has 1 aliphatic carbocycles. The first-order valence-corrected chi connectivity index (χ1v) is 8.51. The van der Waals surface area contributed by atoms with E-state index >= 15 is 0 Å². The summed E-state index contributed by atoms with van der Waals surface area (Å²) in [5.41, 5.74) is 7.69. The lowest BCUT2D eigenvalue weighted by molar-refractivity contribution is 1.48. The molecule has 5 rings (SSSR count). The van der Waals surface area contributed by atoms with E-state index in [1.54, 1.807) is 0 Å². The van der Waals surface area contributed by atoms with Crippen LogP contribution in [-0.4, -0.2) is 0 Å². The summed E-state index contributed by atoms with van der Waals surface area (Å²) < 4.78 is 0. The van der Waals surface area contributed by atoms with E-state index in [-0.39, 0.29) is 0 Å². The van der Waals surface area contributed by atoms with E-state index < -0.39 is 0 Å². The Bertz CT molecular complexity index is 1190. The summed E-state index contributed by atoms with van der Waals surface area (Å²) >= 11 is 6.64. The van der Waals surface area contributed by atoms with Gasteiger partial charge in [-0.15, -0.1) is 0 Å². The second-order valence-electron chi connectivity index (χ2n) is 6.24. The Labute approximate surface area is 150 Å². The van der Waals surface area contributed by atoms with E-state index in [4.69, 9.17) is 11.6 Å². The summed E-state index contributed by atoms with van der Waals surface area (Å²) in [4.78, 5) is 0. The van der Waals surface area contributed by atoms with Crippen LogP contribution in [0.5, 0.6) is 0 Å². The minimum Gasteiger partial charge on any atom is -0.192 e. The van der Waals surface area contributed by atoms with Crippen molar-refractivity contribution in [3.05, 3.63) is 83.4 Å². The lowest BCUT2D eigenvalue weighted by Crippen LogP contribution is -1.86. The summed E-state index contributed by atoms with van der Waals surface area (Å²) in [6.07, 6.45) is 0. The van der Waals surface area contributed by atoms with Crippen molar-refractivity contribution in [2.45, 2.75) is 0 Å². The summed E-state index contributed by atoms with van der Waals surface area (Å²) in [5, 5.41) is 12.2. The van der Waals surface area contributed by atoms with Crippen molar-refractivity contribution < 1.29 is 0 Å². The van der Waals surface area contributed by atoms with Gasteiger partial charge in [-0.3, -0.25) is 0 Å². The SMILES string of the molecule is N#Cc1cccc(-c2ccc3c4c(ccc(Cl)c24)-c2ccccc2-3)c1. The quantitative estimate of drug-likeness (QED) is 0.334. The number of hydrogen-bond donors (Lipinski definition) is 0. The molecule has 116 valence electrons. The maximum atomic E-state index is 9.22. The molecule has 0 spiro atoms. The molecule has 0 aliphatic heterocycles. The number of nitriles is 1. The fourth-order valence-corrected chi connectivity index (χ4v) is 4.11. The molecule has 1 nitrogen and oxygen atoms in total. The van der Waals surface area contributed by atoms with Gasteiger partial charge in [-0.25, -0.2) is 0 Å². The van der Waals surface area contributed by atoms with Crippen LogP contribution in [0.2, 0.25) is 5.02 Å². The zero-order valence-electron chi connectivity index (χ0n) is 13.3. The number of hydrogen-bond acceptors (Lipinski definition) is 1. The van der Waals surface area contributed by atoms with Crippen molar-refractivity contribution in [1.29, 1.82) is 5.26 Å². The van der Waals surface area contributed by atoms with Crippen molar-refractivity contribution in [2.24, 2.45) is 0 Å². The van der Waals surface area contributed by atoms with Crippen molar-refractivity contribution in [1.82, 2.24) is 0 Å². The van der Waals surface area contributed by atoms with E-state index in [2.05, 4.69) is 48.5 Å². The zero-order chi connectivity index (χ0) is 17.0. The van der Waals surface area contributed by atoms with Crippen LogP contribution in [0.3, 0.4) is 0 Å². The van der Waals surface area contributed by atoms with Gasteiger partial charge in [-0.1, -0.05) is 66.2 Å².